The molecule has 2 heterocycles. The SMILES string of the molecule is CCCCCCC(=O)/C=c1/c(CC(=O)CCCCCC)nc2nnc(N)n12. The van der Waals surface area contributed by atoms with Gasteiger partial charge in [0.15, 0.2) is 5.78 Å². The summed E-state index contributed by atoms with van der Waals surface area (Å²) in [7, 11) is 0. The van der Waals surface area contributed by atoms with Gasteiger partial charge < -0.3 is 5.73 Å². The lowest BCUT2D eigenvalue weighted by atomic mass is 10.1. The van der Waals surface area contributed by atoms with E-state index in [1.54, 1.807) is 10.5 Å². The Balaban J connectivity index is 2.14. The fraction of sp³-hybridized carbons (Fsp3) is 0.650. The van der Waals surface area contributed by atoms with Crippen molar-refractivity contribution in [3.05, 3.63) is 11.0 Å². The van der Waals surface area contributed by atoms with Gasteiger partial charge in [-0.15, -0.1) is 10.2 Å². The molecule has 0 radical (unpaired) electrons. The number of aromatic nitrogens is 4. The number of nitrogens with two attached hydrogens (primary N) is 1. The van der Waals surface area contributed by atoms with Crippen molar-refractivity contribution in [2.45, 2.75) is 84.5 Å². The first-order valence-electron chi connectivity index (χ1n) is 10.1. The molecule has 0 aromatic carbocycles. The van der Waals surface area contributed by atoms with Crippen LogP contribution in [0.5, 0.6) is 0 Å². The fourth-order valence-corrected chi connectivity index (χ4v) is 3.15. The van der Waals surface area contributed by atoms with Crippen LogP contribution in [0.15, 0.2) is 0 Å². The number of fused-ring (bicyclic) bond motifs is 1. The zero-order valence-corrected chi connectivity index (χ0v) is 16.5. The second-order valence-electron chi connectivity index (χ2n) is 7.08. The van der Waals surface area contributed by atoms with Crippen LogP contribution in [0.2, 0.25) is 0 Å². The van der Waals surface area contributed by atoms with Crippen molar-refractivity contribution in [1.29, 1.82) is 0 Å². The molecule has 148 valence electrons. The number of hydrogen-bond acceptors (Lipinski definition) is 6. The first kappa shape index (κ1) is 21.0. The Morgan fingerprint density at radius 3 is 2.30 bits per heavy atom. The molecule has 0 aliphatic heterocycles. The van der Waals surface area contributed by atoms with Gasteiger partial charge in [0.05, 0.1) is 17.5 Å². The molecule has 0 aliphatic rings. The highest BCUT2D eigenvalue weighted by molar-refractivity contribution is 6.05. The van der Waals surface area contributed by atoms with Crippen molar-refractivity contribution < 1.29 is 9.59 Å². The predicted molar refractivity (Wildman–Crippen MR) is 106 cm³/mol. The molecule has 0 bridgehead atoms. The highest BCUT2D eigenvalue weighted by Crippen LogP contribution is 2.08. The Morgan fingerprint density at radius 2 is 1.63 bits per heavy atom. The van der Waals surface area contributed by atoms with Crippen LogP contribution in [0.3, 0.4) is 0 Å². The zero-order chi connectivity index (χ0) is 19.6. The van der Waals surface area contributed by atoms with E-state index < -0.39 is 0 Å². The lowest BCUT2D eigenvalue weighted by Crippen LogP contribution is -2.20. The molecular formula is C20H31N5O2. The molecule has 0 amide bonds. The number of nitrogen functional groups attached to an aromatic ring is 1. The number of carbonyl (C=O) groups excluding carboxylic acids is 2. The van der Waals surface area contributed by atoms with Crippen LogP contribution in [0.25, 0.3) is 11.9 Å². The molecular weight excluding hydrogens is 342 g/mol. The van der Waals surface area contributed by atoms with Gasteiger partial charge >= 0.3 is 0 Å². The molecule has 0 saturated carbocycles. The van der Waals surface area contributed by atoms with E-state index in [0.29, 0.717) is 29.7 Å². The molecule has 0 atom stereocenters. The van der Waals surface area contributed by atoms with E-state index in [4.69, 9.17) is 5.73 Å². The van der Waals surface area contributed by atoms with Crippen molar-refractivity contribution in [3.8, 4) is 0 Å². The molecule has 0 fully saturated rings. The van der Waals surface area contributed by atoms with Crippen molar-refractivity contribution in [2.75, 3.05) is 5.73 Å². The molecule has 0 spiro atoms. The lowest BCUT2D eigenvalue weighted by Gasteiger charge is -2.00. The molecule has 0 saturated heterocycles. The quantitative estimate of drug-likeness (QED) is 0.542. The lowest BCUT2D eigenvalue weighted by molar-refractivity contribution is -0.118. The summed E-state index contributed by atoms with van der Waals surface area (Å²) in [6.45, 7) is 4.28. The highest BCUT2D eigenvalue weighted by Gasteiger charge is 2.16. The molecule has 27 heavy (non-hydrogen) atoms. The molecule has 2 N–H and O–H groups in total. The van der Waals surface area contributed by atoms with E-state index in [1.807, 2.05) is 0 Å². The maximum atomic E-state index is 12.4. The standard InChI is InChI=1S/C20H31N5O2/c1-3-5-7-9-11-15(26)13-17-18(14-16(27)12-10-8-6-4-2)25-19(21)23-24-20(25)22-17/h14H,3-13H2,1-2H3,(H2,21,23)/b18-14-. The first-order chi connectivity index (χ1) is 13.1. The van der Waals surface area contributed by atoms with Crippen LogP contribution in [0, 0.1) is 0 Å². The Hall–Kier alpha value is -2.31. The van der Waals surface area contributed by atoms with Crippen LogP contribution < -0.4 is 11.1 Å². The Morgan fingerprint density at radius 1 is 0.963 bits per heavy atom. The average Bonchev–Trinajstić information content (AvgIpc) is 3.16. The third-order valence-corrected chi connectivity index (χ3v) is 4.69. The monoisotopic (exact) mass is 373 g/mol. The van der Waals surface area contributed by atoms with Gasteiger partial charge in [0, 0.05) is 18.9 Å². The van der Waals surface area contributed by atoms with Gasteiger partial charge in [-0.2, -0.15) is 0 Å². The third-order valence-electron chi connectivity index (χ3n) is 4.69. The highest BCUT2D eigenvalue weighted by atomic mass is 16.1. The third kappa shape index (κ3) is 6.12. The topological polar surface area (TPSA) is 103 Å². The Bertz CT molecular complexity index is 812. The van der Waals surface area contributed by atoms with E-state index in [2.05, 4.69) is 29.0 Å². The summed E-state index contributed by atoms with van der Waals surface area (Å²) in [4.78, 5) is 29.1. The molecule has 2 aromatic rings. The number of imidazole rings is 1. The van der Waals surface area contributed by atoms with Crippen LogP contribution in [-0.2, 0) is 16.0 Å². The summed E-state index contributed by atoms with van der Waals surface area (Å²) in [5, 5.41) is 8.28. The molecule has 7 nitrogen and oxygen atoms in total. The van der Waals surface area contributed by atoms with Gasteiger partial charge in [-0.3, -0.25) is 9.59 Å². The van der Waals surface area contributed by atoms with E-state index >= 15 is 0 Å². The zero-order valence-electron chi connectivity index (χ0n) is 16.5. The summed E-state index contributed by atoms with van der Waals surface area (Å²) in [5.74, 6) is 0.670. The molecule has 2 aromatic heterocycles. The van der Waals surface area contributed by atoms with Gasteiger partial charge in [0.2, 0.25) is 5.95 Å². The van der Waals surface area contributed by atoms with Crippen molar-refractivity contribution in [1.82, 2.24) is 19.6 Å². The van der Waals surface area contributed by atoms with Gasteiger partial charge in [-0.25, -0.2) is 9.38 Å². The summed E-state index contributed by atoms with van der Waals surface area (Å²) >= 11 is 0. The summed E-state index contributed by atoms with van der Waals surface area (Å²) in [6.07, 6.45) is 11.2. The van der Waals surface area contributed by atoms with E-state index in [0.717, 1.165) is 51.4 Å². The van der Waals surface area contributed by atoms with Gasteiger partial charge in [0.25, 0.3) is 5.78 Å². The second-order valence-corrected chi connectivity index (χ2v) is 7.08. The smallest absolute Gasteiger partial charge is 0.257 e. The number of ketones is 2. The number of anilines is 1. The van der Waals surface area contributed by atoms with Crippen LogP contribution >= 0.6 is 0 Å². The maximum absolute atomic E-state index is 12.4. The van der Waals surface area contributed by atoms with E-state index in [9.17, 15) is 9.59 Å². The van der Waals surface area contributed by atoms with Gasteiger partial charge in [0.1, 0.15) is 5.78 Å². The summed E-state index contributed by atoms with van der Waals surface area (Å²) in [5.41, 5.74) is 6.45. The molecule has 7 heteroatoms. The summed E-state index contributed by atoms with van der Waals surface area (Å²) < 4.78 is 1.56. The first-order valence-corrected chi connectivity index (χ1v) is 10.1. The number of carbonyl (C=O) groups is 2. The number of hydrogen-bond donors (Lipinski definition) is 1. The minimum absolute atomic E-state index is 0.0187. The molecule has 2 rings (SSSR count). The van der Waals surface area contributed by atoms with Crippen LogP contribution in [0.4, 0.5) is 5.95 Å². The molecule has 0 aliphatic carbocycles. The van der Waals surface area contributed by atoms with Crippen molar-refractivity contribution >= 4 is 29.4 Å². The van der Waals surface area contributed by atoms with E-state index in [1.165, 1.54) is 0 Å². The van der Waals surface area contributed by atoms with Crippen LogP contribution in [-0.4, -0.2) is 31.1 Å². The van der Waals surface area contributed by atoms with Crippen LogP contribution in [0.1, 0.15) is 83.7 Å². The second kappa shape index (κ2) is 10.7. The largest absolute Gasteiger partial charge is 0.368 e. The Kier molecular flexibility index (Phi) is 8.36. The minimum atomic E-state index is 0.0187. The van der Waals surface area contributed by atoms with Gasteiger partial charge in [-0.1, -0.05) is 52.4 Å². The van der Waals surface area contributed by atoms with Crippen molar-refractivity contribution in [3.63, 3.8) is 0 Å². The number of unbranched alkanes of at least 4 members (excludes halogenated alkanes) is 6. The minimum Gasteiger partial charge on any atom is -0.368 e. The number of Topliss-reactive ketones (excluding diaryl/α,β-unsaturated/α-hetero) is 2. The predicted octanol–water partition coefficient (Wildman–Crippen LogP) is 2.83. The van der Waals surface area contributed by atoms with Crippen molar-refractivity contribution in [2.24, 2.45) is 0 Å². The number of rotatable bonds is 13. The van der Waals surface area contributed by atoms with Gasteiger partial charge in [-0.05, 0) is 12.8 Å². The molecule has 0 unspecified atom stereocenters. The normalized spacial score (nSPS) is 12.1. The van der Waals surface area contributed by atoms with E-state index in [-0.39, 0.29) is 23.9 Å². The fourth-order valence-electron chi connectivity index (χ4n) is 3.15. The average molecular weight is 374 g/mol. The number of nitrogens with zero attached hydrogens (tertiary/aromatic N) is 4. The Labute approximate surface area is 160 Å². The maximum Gasteiger partial charge on any atom is 0.257 e. The summed E-state index contributed by atoms with van der Waals surface area (Å²) in [6, 6.07) is 0.